The summed E-state index contributed by atoms with van der Waals surface area (Å²) in [5.74, 6) is -1.78. The quantitative estimate of drug-likeness (QED) is 0.461. The van der Waals surface area contributed by atoms with Gasteiger partial charge in [-0.3, -0.25) is 4.99 Å². The van der Waals surface area contributed by atoms with Crippen LogP contribution in [0.25, 0.3) is 11.3 Å². The van der Waals surface area contributed by atoms with Gasteiger partial charge in [0.25, 0.3) is 0 Å². The molecule has 27 heavy (non-hydrogen) atoms. The standard InChI is InChI=1S/C19H16F3N3OS/c1-26-10-9-23-19-25(24-11-15-16(21)3-2-4-17(15)22)18(12-27-19)13-5-7-14(20)8-6-13/h2-8,11-12H,9-10H2,1H3. The van der Waals surface area contributed by atoms with Crippen molar-refractivity contribution >= 4 is 17.6 Å². The first-order valence-electron chi connectivity index (χ1n) is 8.04. The van der Waals surface area contributed by atoms with Gasteiger partial charge in [0.15, 0.2) is 0 Å². The van der Waals surface area contributed by atoms with Crippen LogP contribution in [0.1, 0.15) is 5.56 Å². The van der Waals surface area contributed by atoms with Gasteiger partial charge in [0.2, 0.25) is 4.80 Å². The molecule has 0 saturated carbocycles. The average Bonchev–Trinajstić information content (AvgIpc) is 3.05. The second-order valence-electron chi connectivity index (χ2n) is 5.48. The molecule has 8 heteroatoms. The molecule has 0 saturated heterocycles. The summed E-state index contributed by atoms with van der Waals surface area (Å²) in [5.41, 5.74) is 1.08. The van der Waals surface area contributed by atoms with Crippen LogP contribution in [-0.2, 0) is 4.74 Å². The Bertz CT molecular complexity index is 990. The van der Waals surface area contributed by atoms with Crippen molar-refractivity contribution in [2.75, 3.05) is 20.3 Å². The van der Waals surface area contributed by atoms with Crippen LogP contribution in [0, 0.1) is 17.5 Å². The summed E-state index contributed by atoms with van der Waals surface area (Å²) in [4.78, 5) is 4.93. The summed E-state index contributed by atoms with van der Waals surface area (Å²) in [5, 5.41) is 6.03. The van der Waals surface area contributed by atoms with Gasteiger partial charge in [-0.15, -0.1) is 11.3 Å². The molecular weight excluding hydrogens is 375 g/mol. The number of rotatable bonds is 6. The number of thiazole rings is 1. The van der Waals surface area contributed by atoms with Crippen molar-refractivity contribution in [3.05, 3.63) is 75.7 Å². The monoisotopic (exact) mass is 391 g/mol. The van der Waals surface area contributed by atoms with Crippen LogP contribution in [0.5, 0.6) is 0 Å². The maximum Gasteiger partial charge on any atom is 0.206 e. The normalized spacial score (nSPS) is 12.2. The molecule has 0 aliphatic heterocycles. The maximum absolute atomic E-state index is 13.9. The van der Waals surface area contributed by atoms with Crippen LogP contribution in [0.15, 0.2) is 57.9 Å². The highest BCUT2D eigenvalue weighted by molar-refractivity contribution is 7.07. The van der Waals surface area contributed by atoms with Gasteiger partial charge in [0.05, 0.1) is 30.6 Å². The van der Waals surface area contributed by atoms with Crippen molar-refractivity contribution in [2.45, 2.75) is 0 Å². The van der Waals surface area contributed by atoms with Gasteiger partial charge < -0.3 is 4.74 Å². The third-order valence-corrected chi connectivity index (χ3v) is 4.52. The molecule has 0 fully saturated rings. The predicted octanol–water partition coefficient (Wildman–Crippen LogP) is 4.06. The van der Waals surface area contributed by atoms with E-state index in [1.54, 1.807) is 24.6 Å². The number of aromatic nitrogens is 1. The molecule has 140 valence electrons. The number of benzene rings is 2. The Hall–Kier alpha value is -2.71. The molecule has 0 radical (unpaired) electrons. The van der Waals surface area contributed by atoms with Gasteiger partial charge in [-0.25, -0.2) is 17.8 Å². The van der Waals surface area contributed by atoms with Gasteiger partial charge in [-0.2, -0.15) is 5.10 Å². The summed E-state index contributed by atoms with van der Waals surface area (Å²) in [6, 6.07) is 9.48. The fourth-order valence-corrected chi connectivity index (χ4v) is 3.18. The van der Waals surface area contributed by atoms with E-state index < -0.39 is 11.6 Å². The third kappa shape index (κ3) is 4.53. The number of methoxy groups -OCH3 is 1. The van der Waals surface area contributed by atoms with Crippen LogP contribution in [-0.4, -0.2) is 31.2 Å². The second kappa shape index (κ2) is 8.79. The number of halogens is 3. The van der Waals surface area contributed by atoms with Crippen molar-refractivity contribution in [2.24, 2.45) is 10.1 Å². The van der Waals surface area contributed by atoms with Crippen molar-refractivity contribution in [3.63, 3.8) is 0 Å². The zero-order valence-electron chi connectivity index (χ0n) is 14.4. The lowest BCUT2D eigenvalue weighted by Gasteiger charge is -2.04. The van der Waals surface area contributed by atoms with Crippen molar-refractivity contribution in [1.82, 2.24) is 4.68 Å². The fraction of sp³-hybridized carbons (Fsp3) is 0.158. The molecule has 0 aliphatic carbocycles. The van der Waals surface area contributed by atoms with E-state index in [1.165, 1.54) is 34.2 Å². The Morgan fingerprint density at radius 3 is 2.44 bits per heavy atom. The zero-order valence-corrected chi connectivity index (χ0v) is 15.2. The second-order valence-corrected chi connectivity index (χ2v) is 6.31. The van der Waals surface area contributed by atoms with Crippen molar-refractivity contribution in [1.29, 1.82) is 0 Å². The van der Waals surface area contributed by atoms with Crippen LogP contribution in [0.3, 0.4) is 0 Å². The Morgan fingerprint density at radius 2 is 1.78 bits per heavy atom. The van der Waals surface area contributed by atoms with E-state index in [9.17, 15) is 13.2 Å². The molecule has 1 heterocycles. The number of hydrogen-bond acceptors (Lipinski definition) is 4. The Morgan fingerprint density at radius 1 is 1.07 bits per heavy atom. The summed E-state index contributed by atoms with van der Waals surface area (Å²) in [6.07, 6.45) is 1.11. The molecule has 0 aliphatic rings. The van der Waals surface area contributed by atoms with Crippen molar-refractivity contribution < 1.29 is 17.9 Å². The van der Waals surface area contributed by atoms with Crippen LogP contribution in [0.2, 0.25) is 0 Å². The minimum Gasteiger partial charge on any atom is -0.383 e. The molecule has 3 rings (SSSR count). The maximum atomic E-state index is 13.9. The first-order chi connectivity index (χ1) is 13.1. The molecular formula is C19H16F3N3OS. The topological polar surface area (TPSA) is 38.9 Å². The van der Waals surface area contributed by atoms with Gasteiger partial charge in [-0.1, -0.05) is 6.07 Å². The smallest absolute Gasteiger partial charge is 0.206 e. The number of ether oxygens (including phenoxy) is 1. The van der Waals surface area contributed by atoms with Crippen LogP contribution < -0.4 is 4.80 Å². The highest BCUT2D eigenvalue weighted by Crippen LogP contribution is 2.20. The lowest BCUT2D eigenvalue weighted by molar-refractivity contribution is 0.207. The first-order valence-corrected chi connectivity index (χ1v) is 8.92. The van der Waals surface area contributed by atoms with E-state index in [2.05, 4.69) is 10.1 Å². The largest absolute Gasteiger partial charge is 0.383 e. The molecule has 0 unspecified atom stereocenters. The first kappa shape index (κ1) is 19.1. The highest BCUT2D eigenvalue weighted by Gasteiger charge is 2.09. The molecule has 0 bridgehead atoms. The van der Waals surface area contributed by atoms with E-state index in [1.807, 2.05) is 0 Å². The van der Waals surface area contributed by atoms with Crippen LogP contribution in [0.4, 0.5) is 13.2 Å². The fourth-order valence-electron chi connectivity index (χ4n) is 2.32. The van der Waals surface area contributed by atoms with Crippen molar-refractivity contribution in [3.8, 4) is 11.3 Å². The molecule has 3 aromatic rings. The average molecular weight is 391 g/mol. The van der Waals surface area contributed by atoms with Gasteiger partial charge in [0.1, 0.15) is 17.5 Å². The minimum absolute atomic E-state index is 0.246. The lowest BCUT2D eigenvalue weighted by Crippen LogP contribution is -2.14. The Balaban J connectivity index is 2.07. The summed E-state index contributed by atoms with van der Waals surface area (Å²) in [7, 11) is 1.57. The van der Waals surface area contributed by atoms with Crippen LogP contribution >= 0.6 is 11.3 Å². The van der Waals surface area contributed by atoms with E-state index in [-0.39, 0.29) is 11.4 Å². The Kier molecular flexibility index (Phi) is 6.20. The molecule has 0 amide bonds. The van der Waals surface area contributed by atoms with E-state index in [4.69, 9.17) is 4.74 Å². The summed E-state index contributed by atoms with van der Waals surface area (Å²) in [6.45, 7) is 0.832. The molecule has 0 N–H and O–H groups in total. The molecule has 0 atom stereocenters. The van der Waals surface area contributed by atoms with Gasteiger partial charge in [0, 0.05) is 18.1 Å². The molecule has 1 aromatic heterocycles. The molecule has 0 spiro atoms. The summed E-state index contributed by atoms with van der Waals surface area (Å²) < 4.78 is 47.4. The number of nitrogens with zero attached hydrogens (tertiary/aromatic N) is 3. The lowest BCUT2D eigenvalue weighted by atomic mass is 10.2. The Labute approximate surface area is 157 Å². The number of hydrogen-bond donors (Lipinski definition) is 0. The predicted molar refractivity (Wildman–Crippen MR) is 99.4 cm³/mol. The molecule has 2 aromatic carbocycles. The SMILES string of the molecule is COCCN=c1scc(-c2ccc(F)cc2)n1N=Cc1c(F)cccc1F. The van der Waals surface area contributed by atoms with E-state index in [0.717, 1.165) is 18.3 Å². The van der Waals surface area contributed by atoms with E-state index in [0.29, 0.717) is 29.2 Å². The van der Waals surface area contributed by atoms with E-state index >= 15 is 0 Å². The molecule has 4 nitrogen and oxygen atoms in total. The highest BCUT2D eigenvalue weighted by atomic mass is 32.1. The van der Waals surface area contributed by atoms with Gasteiger partial charge in [-0.05, 0) is 36.4 Å². The minimum atomic E-state index is -0.712. The summed E-state index contributed by atoms with van der Waals surface area (Å²) >= 11 is 1.31. The van der Waals surface area contributed by atoms with Gasteiger partial charge >= 0.3 is 0 Å². The zero-order chi connectivity index (χ0) is 19.2. The third-order valence-electron chi connectivity index (χ3n) is 3.67.